The minimum Gasteiger partial charge on any atom is -0.339 e. The van der Waals surface area contributed by atoms with Gasteiger partial charge < -0.3 is 14.7 Å². The van der Waals surface area contributed by atoms with Gasteiger partial charge in [0.15, 0.2) is 5.82 Å². The van der Waals surface area contributed by atoms with E-state index in [0.29, 0.717) is 30.8 Å². The van der Waals surface area contributed by atoms with Crippen LogP contribution in [0.2, 0.25) is 0 Å². The summed E-state index contributed by atoms with van der Waals surface area (Å²) in [4.78, 5) is 21.3. The SMILES string of the molecule is Cc1noc(C2CCCN(C(=O)NCC(C)N3CCC(C)CC3)C2)n1. The van der Waals surface area contributed by atoms with Crippen LogP contribution in [0.5, 0.6) is 0 Å². The van der Waals surface area contributed by atoms with Crippen LogP contribution < -0.4 is 5.32 Å². The number of nitrogens with zero attached hydrogens (tertiary/aromatic N) is 4. The summed E-state index contributed by atoms with van der Waals surface area (Å²) in [5, 5.41) is 6.98. The number of likely N-dealkylation sites (tertiary alicyclic amines) is 2. The Bertz CT molecular complexity index is 568. The molecule has 2 amide bonds. The average molecular weight is 349 g/mol. The Morgan fingerprint density at radius 1 is 1.32 bits per heavy atom. The van der Waals surface area contributed by atoms with Gasteiger partial charge in [-0.1, -0.05) is 12.1 Å². The molecule has 25 heavy (non-hydrogen) atoms. The molecule has 2 unspecified atom stereocenters. The lowest BCUT2D eigenvalue weighted by molar-refractivity contribution is 0.138. The largest absolute Gasteiger partial charge is 0.339 e. The summed E-state index contributed by atoms with van der Waals surface area (Å²) >= 11 is 0. The molecule has 1 aromatic rings. The highest BCUT2D eigenvalue weighted by atomic mass is 16.5. The number of amides is 2. The van der Waals surface area contributed by atoms with E-state index >= 15 is 0 Å². The van der Waals surface area contributed by atoms with Gasteiger partial charge in [-0.2, -0.15) is 4.98 Å². The summed E-state index contributed by atoms with van der Waals surface area (Å²) in [5.41, 5.74) is 0. The Kier molecular flexibility index (Phi) is 5.93. The lowest BCUT2D eigenvalue weighted by Gasteiger charge is -2.36. The van der Waals surface area contributed by atoms with E-state index < -0.39 is 0 Å². The first-order chi connectivity index (χ1) is 12.0. The second-order valence-corrected chi connectivity index (χ2v) is 7.72. The maximum Gasteiger partial charge on any atom is 0.317 e. The van der Waals surface area contributed by atoms with Crippen LogP contribution in [0.1, 0.15) is 57.2 Å². The van der Waals surface area contributed by atoms with E-state index in [2.05, 4.69) is 34.2 Å². The summed E-state index contributed by atoms with van der Waals surface area (Å²) in [7, 11) is 0. The molecule has 1 N–H and O–H groups in total. The van der Waals surface area contributed by atoms with Gasteiger partial charge in [0.05, 0.1) is 5.92 Å². The van der Waals surface area contributed by atoms with Gasteiger partial charge in [-0.05, 0) is 58.5 Å². The van der Waals surface area contributed by atoms with Gasteiger partial charge >= 0.3 is 6.03 Å². The third-order valence-corrected chi connectivity index (χ3v) is 5.59. The number of rotatable bonds is 4. The van der Waals surface area contributed by atoms with Gasteiger partial charge in [0.2, 0.25) is 5.89 Å². The van der Waals surface area contributed by atoms with Crippen molar-refractivity contribution in [1.82, 2.24) is 25.3 Å². The number of carbonyl (C=O) groups is 1. The molecule has 2 fully saturated rings. The first kappa shape index (κ1) is 18.2. The fourth-order valence-electron chi connectivity index (χ4n) is 3.79. The van der Waals surface area contributed by atoms with Gasteiger partial charge in [-0.25, -0.2) is 4.79 Å². The molecule has 0 aliphatic carbocycles. The maximum absolute atomic E-state index is 12.5. The quantitative estimate of drug-likeness (QED) is 0.903. The van der Waals surface area contributed by atoms with Crippen molar-refractivity contribution in [3.63, 3.8) is 0 Å². The molecule has 0 aromatic carbocycles. The van der Waals surface area contributed by atoms with Crippen LogP contribution in [0.15, 0.2) is 4.52 Å². The van der Waals surface area contributed by atoms with E-state index in [-0.39, 0.29) is 11.9 Å². The lowest BCUT2D eigenvalue weighted by Crippen LogP contribution is -2.50. The van der Waals surface area contributed by atoms with E-state index in [9.17, 15) is 4.79 Å². The lowest BCUT2D eigenvalue weighted by atomic mass is 9.98. The predicted molar refractivity (Wildman–Crippen MR) is 95.4 cm³/mol. The number of aryl methyl sites for hydroxylation is 1. The molecule has 140 valence electrons. The topological polar surface area (TPSA) is 74.5 Å². The van der Waals surface area contributed by atoms with Crippen LogP contribution in [0.25, 0.3) is 0 Å². The second kappa shape index (κ2) is 8.17. The van der Waals surface area contributed by atoms with Gasteiger partial charge in [-0.15, -0.1) is 0 Å². The van der Waals surface area contributed by atoms with Crippen LogP contribution in [0.4, 0.5) is 4.79 Å². The molecule has 7 nitrogen and oxygen atoms in total. The molecule has 0 radical (unpaired) electrons. The van der Waals surface area contributed by atoms with E-state index in [1.54, 1.807) is 0 Å². The highest BCUT2D eigenvalue weighted by molar-refractivity contribution is 5.74. The minimum absolute atomic E-state index is 0.0261. The Morgan fingerprint density at radius 3 is 2.76 bits per heavy atom. The predicted octanol–water partition coefficient (Wildman–Crippen LogP) is 2.39. The monoisotopic (exact) mass is 349 g/mol. The molecule has 2 aliphatic heterocycles. The fourth-order valence-corrected chi connectivity index (χ4v) is 3.79. The molecule has 7 heteroatoms. The number of piperidine rings is 2. The first-order valence-electron chi connectivity index (χ1n) is 9.60. The summed E-state index contributed by atoms with van der Waals surface area (Å²) in [6.45, 7) is 10.8. The van der Waals surface area contributed by atoms with Crippen LogP contribution in [0.3, 0.4) is 0 Å². The molecule has 2 atom stereocenters. The number of aromatic nitrogens is 2. The molecule has 2 saturated heterocycles. The summed E-state index contributed by atoms with van der Waals surface area (Å²) in [6, 6.07) is 0.411. The van der Waals surface area contributed by atoms with Crippen molar-refractivity contribution < 1.29 is 9.32 Å². The molecule has 0 bridgehead atoms. The normalized spacial score (nSPS) is 24.3. The van der Waals surface area contributed by atoms with Crippen molar-refractivity contribution in [1.29, 1.82) is 0 Å². The second-order valence-electron chi connectivity index (χ2n) is 7.72. The Hall–Kier alpha value is -1.63. The number of hydrogen-bond donors (Lipinski definition) is 1. The van der Waals surface area contributed by atoms with Gasteiger partial charge in [0, 0.05) is 25.7 Å². The van der Waals surface area contributed by atoms with Crippen molar-refractivity contribution >= 4 is 6.03 Å². The number of hydrogen-bond acceptors (Lipinski definition) is 5. The first-order valence-corrected chi connectivity index (χ1v) is 9.60. The van der Waals surface area contributed by atoms with Crippen LogP contribution in [0, 0.1) is 12.8 Å². The number of nitrogens with one attached hydrogen (secondary N) is 1. The zero-order chi connectivity index (χ0) is 17.8. The van der Waals surface area contributed by atoms with Gasteiger partial charge in [-0.3, -0.25) is 4.90 Å². The van der Waals surface area contributed by atoms with Gasteiger partial charge in [0.25, 0.3) is 0 Å². The molecule has 3 heterocycles. The van der Waals surface area contributed by atoms with Crippen molar-refractivity contribution in [3.05, 3.63) is 11.7 Å². The molecular weight excluding hydrogens is 318 g/mol. The smallest absolute Gasteiger partial charge is 0.317 e. The molecule has 0 saturated carbocycles. The highest BCUT2D eigenvalue weighted by Gasteiger charge is 2.28. The Labute approximate surface area is 150 Å². The molecule has 3 rings (SSSR count). The van der Waals surface area contributed by atoms with Crippen LogP contribution >= 0.6 is 0 Å². The average Bonchev–Trinajstić information content (AvgIpc) is 3.06. The van der Waals surface area contributed by atoms with Crippen molar-refractivity contribution in [2.75, 3.05) is 32.7 Å². The zero-order valence-electron chi connectivity index (χ0n) is 15.7. The summed E-state index contributed by atoms with van der Waals surface area (Å²) < 4.78 is 5.29. The molecular formula is C18H31N5O2. The Balaban J connectivity index is 1.46. The summed E-state index contributed by atoms with van der Waals surface area (Å²) in [5.74, 6) is 2.30. The molecule has 1 aromatic heterocycles. The van der Waals surface area contributed by atoms with E-state index in [0.717, 1.165) is 38.4 Å². The third-order valence-electron chi connectivity index (χ3n) is 5.59. The Morgan fingerprint density at radius 2 is 2.08 bits per heavy atom. The van der Waals surface area contributed by atoms with Crippen molar-refractivity contribution in [2.24, 2.45) is 5.92 Å². The van der Waals surface area contributed by atoms with E-state index in [1.165, 1.54) is 12.8 Å². The zero-order valence-corrected chi connectivity index (χ0v) is 15.7. The van der Waals surface area contributed by atoms with E-state index in [4.69, 9.17) is 4.52 Å². The van der Waals surface area contributed by atoms with Crippen molar-refractivity contribution in [2.45, 2.75) is 58.4 Å². The van der Waals surface area contributed by atoms with Gasteiger partial charge in [0.1, 0.15) is 0 Å². The molecule has 2 aliphatic rings. The van der Waals surface area contributed by atoms with Crippen LogP contribution in [-0.2, 0) is 0 Å². The fraction of sp³-hybridized carbons (Fsp3) is 0.833. The van der Waals surface area contributed by atoms with Crippen LogP contribution in [-0.4, -0.2) is 64.7 Å². The molecule has 0 spiro atoms. The minimum atomic E-state index is 0.0261. The van der Waals surface area contributed by atoms with E-state index in [1.807, 2.05) is 11.8 Å². The highest BCUT2D eigenvalue weighted by Crippen LogP contribution is 2.25. The third kappa shape index (κ3) is 4.71. The number of urea groups is 1. The number of carbonyl (C=O) groups excluding carboxylic acids is 1. The summed E-state index contributed by atoms with van der Waals surface area (Å²) in [6.07, 6.45) is 4.48. The maximum atomic E-state index is 12.5. The standard InChI is InChI=1S/C18H31N5O2/c1-13-6-9-22(10-7-13)14(2)11-19-18(24)23-8-4-5-16(12-23)17-20-15(3)21-25-17/h13-14,16H,4-12H2,1-3H3,(H,19,24). The van der Waals surface area contributed by atoms with Crippen molar-refractivity contribution in [3.8, 4) is 0 Å².